The number of rotatable bonds is 4. The maximum atomic E-state index is 12.4. The molecule has 1 heterocycles. The highest BCUT2D eigenvalue weighted by atomic mass is 16.4. The first-order valence-electron chi connectivity index (χ1n) is 7.04. The van der Waals surface area contributed by atoms with Gasteiger partial charge in [-0.05, 0) is 23.5 Å². The van der Waals surface area contributed by atoms with Crippen molar-refractivity contribution in [2.75, 3.05) is 11.4 Å². The normalized spacial score (nSPS) is 19.0. The van der Waals surface area contributed by atoms with E-state index in [1.807, 2.05) is 18.2 Å². The second-order valence-corrected chi connectivity index (χ2v) is 5.88. The number of hydrogen-bond donors (Lipinski definition) is 1. The molecule has 0 aromatic heterocycles. The predicted molar refractivity (Wildman–Crippen MR) is 77.8 cm³/mol. The van der Waals surface area contributed by atoms with Gasteiger partial charge in [0.15, 0.2) is 0 Å². The lowest BCUT2D eigenvalue weighted by atomic mass is 9.94. The number of para-hydroxylation sites is 1. The molecule has 108 valence electrons. The molecule has 0 bridgehead atoms. The van der Waals surface area contributed by atoms with Gasteiger partial charge in [-0.25, -0.2) is 0 Å². The molecule has 0 fully saturated rings. The zero-order chi connectivity index (χ0) is 14.9. The number of aliphatic carboxylic acids is 1. The number of carboxylic acids is 1. The van der Waals surface area contributed by atoms with Crippen LogP contribution in [-0.4, -0.2) is 23.5 Å². The van der Waals surface area contributed by atoms with E-state index in [1.54, 1.807) is 11.0 Å². The predicted octanol–water partition coefficient (Wildman–Crippen LogP) is 2.88. The Morgan fingerprint density at radius 2 is 1.95 bits per heavy atom. The van der Waals surface area contributed by atoms with Crippen LogP contribution in [0.4, 0.5) is 5.69 Å². The summed E-state index contributed by atoms with van der Waals surface area (Å²) in [6, 6.07) is 7.29. The average Bonchev–Trinajstić information content (AvgIpc) is 2.78. The van der Waals surface area contributed by atoms with Gasteiger partial charge in [0.25, 0.3) is 0 Å². The van der Waals surface area contributed by atoms with E-state index in [9.17, 15) is 14.7 Å². The molecule has 1 aromatic carbocycles. The molecule has 0 spiro atoms. The van der Waals surface area contributed by atoms with Crippen LogP contribution in [0.5, 0.6) is 0 Å². The SMILES string of the molecule is CC(C)C(C)CC(=O)N1CC(C(=O)O)c2ccccc21. The van der Waals surface area contributed by atoms with E-state index in [1.165, 1.54) is 0 Å². The maximum Gasteiger partial charge on any atom is 0.312 e. The lowest BCUT2D eigenvalue weighted by Crippen LogP contribution is -2.32. The highest BCUT2D eigenvalue weighted by Gasteiger charge is 2.36. The van der Waals surface area contributed by atoms with Crippen molar-refractivity contribution in [2.24, 2.45) is 11.8 Å². The van der Waals surface area contributed by atoms with Crippen molar-refractivity contribution in [3.05, 3.63) is 29.8 Å². The van der Waals surface area contributed by atoms with Crippen LogP contribution in [0.2, 0.25) is 0 Å². The molecule has 1 aromatic rings. The number of carbonyl (C=O) groups is 2. The summed E-state index contributed by atoms with van der Waals surface area (Å²) in [5, 5.41) is 9.29. The molecule has 0 saturated carbocycles. The summed E-state index contributed by atoms with van der Waals surface area (Å²) < 4.78 is 0. The van der Waals surface area contributed by atoms with E-state index < -0.39 is 11.9 Å². The number of nitrogens with zero attached hydrogens (tertiary/aromatic N) is 1. The zero-order valence-electron chi connectivity index (χ0n) is 12.2. The van der Waals surface area contributed by atoms with Gasteiger partial charge in [-0.1, -0.05) is 39.0 Å². The number of benzene rings is 1. The Morgan fingerprint density at radius 1 is 1.30 bits per heavy atom. The molecule has 2 unspecified atom stereocenters. The van der Waals surface area contributed by atoms with Crippen molar-refractivity contribution in [1.82, 2.24) is 0 Å². The van der Waals surface area contributed by atoms with Crippen LogP contribution < -0.4 is 4.90 Å². The maximum absolute atomic E-state index is 12.4. The summed E-state index contributed by atoms with van der Waals surface area (Å²) in [5.74, 6) is -0.734. The second-order valence-electron chi connectivity index (χ2n) is 5.88. The van der Waals surface area contributed by atoms with Crippen LogP contribution in [0.25, 0.3) is 0 Å². The van der Waals surface area contributed by atoms with Gasteiger partial charge in [0, 0.05) is 18.7 Å². The molecule has 2 rings (SSSR count). The van der Waals surface area contributed by atoms with Gasteiger partial charge in [0.05, 0.1) is 0 Å². The van der Waals surface area contributed by atoms with Gasteiger partial charge in [0.1, 0.15) is 5.92 Å². The average molecular weight is 275 g/mol. The van der Waals surface area contributed by atoms with Crippen LogP contribution in [0.3, 0.4) is 0 Å². The fraction of sp³-hybridized carbons (Fsp3) is 0.500. The van der Waals surface area contributed by atoms with Crippen molar-refractivity contribution < 1.29 is 14.7 Å². The van der Waals surface area contributed by atoms with Crippen LogP contribution in [-0.2, 0) is 9.59 Å². The summed E-state index contributed by atoms with van der Waals surface area (Å²) in [7, 11) is 0. The minimum absolute atomic E-state index is 0.0161. The van der Waals surface area contributed by atoms with E-state index in [0.29, 0.717) is 18.3 Å². The lowest BCUT2D eigenvalue weighted by Gasteiger charge is -2.21. The number of fused-ring (bicyclic) bond motifs is 1. The first-order valence-corrected chi connectivity index (χ1v) is 7.04. The molecule has 0 saturated heterocycles. The molecular weight excluding hydrogens is 254 g/mol. The van der Waals surface area contributed by atoms with E-state index >= 15 is 0 Å². The summed E-state index contributed by atoms with van der Waals surface area (Å²) in [5.41, 5.74) is 1.49. The quantitative estimate of drug-likeness (QED) is 0.919. The third kappa shape index (κ3) is 2.69. The highest BCUT2D eigenvalue weighted by Crippen LogP contribution is 2.37. The van der Waals surface area contributed by atoms with E-state index in [4.69, 9.17) is 0 Å². The molecule has 1 amide bonds. The Hall–Kier alpha value is -1.84. The standard InChI is InChI=1S/C16H21NO3/c1-10(2)11(3)8-15(18)17-9-13(16(19)20)12-6-4-5-7-14(12)17/h4-7,10-11,13H,8-9H2,1-3H3,(H,19,20). The largest absolute Gasteiger partial charge is 0.481 e. The van der Waals surface area contributed by atoms with Gasteiger partial charge >= 0.3 is 5.97 Å². The van der Waals surface area contributed by atoms with Crippen molar-refractivity contribution in [1.29, 1.82) is 0 Å². The van der Waals surface area contributed by atoms with Gasteiger partial charge in [-0.15, -0.1) is 0 Å². The number of amides is 1. The summed E-state index contributed by atoms with van der Waals surface area (Å²) in [4.78, 5) is 25.4. The lowest BCUT2D eigenvalue weighted by molar-refractivity contribution is -0.138. The molecule has 20 heavy (non-hydrogen) atoms. The van der Waals surface area contributed by atoms with E-state index in [2.05, 4.69) is 20.8 Å². The topological polar surface area (TPSA) is 57.6 Å². The Balaban J connectivity index is 2.22. The van der Waals surface area contributed by atoms with E-state index in [-0.39, 0.29) is 12.5 Å². The molecule has 4 heteroatoms. The highest BCUT2D eigenvalue weighted by molar-refractivity contribution is 5.99. The molecular formula is C16H21NO3. The molecule has 2 atom stereocenters. The van der Waals surface area contributed by atoms with Crippen molar-refractivity contribution in [3.63, 3.8) is 0 Å². The van der Waals surface area contributed by atoms with Crippen molar-refractivity contribution in [3.8, 4) is 0 Å². The Bertz CT molecular complexity index is 524. The molecule has 1 N–H and O–H groups in total. The van der Waals surface area contributed by atoms with Crippen LogP contribution in [0, 0.1) is 11.8 Å². The molecule has 1 aliphatic rings. The first kappa shape index (κ1) is 14.6. The molecule has 0 aliphatic carbocycles. The molecule has 0 radical (unpaired) electrons. The molecule has 1 aliphatic heterocycles. The van der Waals surface area contributed by atoms with Crippen LogP contribution >= 0.6 is 0 Å². The zero-order valence-corrected chi connectivity index (χ0v) is 12.2. The summed E-state index contributed by atoms with van der Waals surface area (Å²) in [6.45, 7) is 6.49. The monoisotopic (exact) mass is 275 g/mol. The third-order valence-corrected chi connectivity index (χ3v) is 4.20. The van der Waals surface area contributed by atoms with Crippen molar-refractivity contribution in [2.45, 2.75) is 33.1 Å². The van der Waals surface area contributed by atoms with Crippen molar-refractivity contribution >= 4 is 17.6 Å². The number of carboxylic acid groups (broad SMARTS) is 1. The van der Waals surface area contributed by atoms with Crippen LogP contribution in [0.1, 0.15) is 38.7 Å². The smallest absolute Gasteiger partial charge is 0.312 e. The minimum Gasteiger partial charge on any atom is -0.481 e. The van der Waals surface area contributed by atoms with Gasteiger partial charge < -0.3 is 10.0 Å². The number of hydrogen-bond acceptors (Lipinski definition) is 2. The third-order valence-electron chi connectivity index (χ3n) is 4.20. The van der Waals surface area contributed by atoms with E-state index in [0.717, 1.165) is 11.3 Å². The fourth-order valence-electron chi connectivity index (χ4n) is 2.48. The van der Waals surface area contributed by atoms with Crippen LogP contribution in [0.15, 0.2) is 24.3 Å². The fourth-order valence-corrected chi connectivity index (χ4v) is 2.48. The Kier molecular flexibility index (Phi) is 4.12. The number of carbonyl (C=O) groups excluding carboxylic acids is 1. The van der Waals surface area contributed by atoms with Gasteiger partial charge in [-0.3, -0.25) is 9.59 Å². The first-order chi connectivity index (χ1) is 9.41. The summed E-state index contributed by atoms with van der Waals surface area (Å²) in [6.07, 6.45) is 0.457. The Labute approximate surface area is 119 Å². The summed E-state index contributed by atoms with van der Waals surface area (Å²) >= 11 is 0. The van der Waals surface area contributed by atoms with Gasteiger partial charge in [-0.2, -0.15) is 0 Å². The molecule has 4 nitrogen and oxygen atoms in total. The Morgan fingerprint density at radius 3 is 2.55 bits per heavy atom. The van der Waals surface area contributed by atoms with Gasteiger partial charge in [0.2, 0.25) is 5.91 Å². The second kappa shape index (κ2) is 5.65. The minimum atomic E-state index is -0.871. The number of anilines is 1.